The minimum atomic E-state index is -3.71. The number of rotatable bonds is 3. The van der Waals surface area contributed by atoms with Crippen molar-refractivity contribution in [1.82, 2.24) is 0 Å². The monoisotopic (exact) mass is 228 g/mol. The molecular weight excluding hydrogens is 216 g/mol. The minimum Gasteiger partial charge on any atom is -0.480 e. The molecule has 0 bridgehead atoms. The van der Waals surface area contributed by atoms with Crippen molar-refractivity contribution in [2.75, 3.05) is 5.75 Å². The molecule has 0 aliphatic carbocycles. The molecule has 4 nitrogen and oxygen atoms in total. The third kappa shape index (κ3) is 2.56. The van der Waals surface area contributed by atoms with Crippen molar-refractivity contribution in [3.8, 4) is 0 Å². The Morgan fingerprint density at radius 3 is 2.47 bits per heavy atom. The van der Waals surface area contributed by atoms with E-state index in [9.17, 15) is 13.2 Å². The maximum Gasteiger partial charge on any atom is 0.319 e. The van der Waals surface area contributed by atoms with Gasteiger partial charge in [-0.3, -0.25) is 4.79 Å². The molecule has 0 fully saturated rings. The third-order valence-corrected chi connectivity index (χ3v) is 3.94. The molecule has 0 aliphatic heterocycles. The van der Waals surface area contributed by atoms with Gasteiger partial charge in [0, 0.05) is 0 Å². The van der Waals surface area contributed by atoms with E-state index in [0.717, 1.165) is 5.56 Å². The molecule has 0 spiro atoms. The van der Waals surface area contributed by atoms with Crippen LogP contribution in [0.25, 0.3) is 0 Å². The van der Waals surface area contributed by atoms with Crippen LogP contribution in [0.2, 0.25) is 0 Å². The van der Waals surface area contributed by atoms with Gasteiger partial charge in [-0.2, -0.15) is 0 Å². The molecule has 1 aromatic rings. The van der Waals surface area contributed by atoms with Crippen molar-refractivity contribution in [3.05, 3.63) is 29.3 Å². The van der Waals surface area contributed by atoms with Crippen LogP contribution in [-0.4, -0.2) is 25.2 Å². The van der Waals surface area contributed by atoms with E-state index < -0.39 is 21.6 Å². The summed E-state index contributed by atoms with van der Waals surface area (Å²) in [6.45, 7) is 3.46. The minimum absolute atomic E-state index is 0.102. The molecule has 0 amide bonds. The predicted molar refractivity (Wildman–Crippen MR) is 55.6 cm³/mol. The fraction of sp³-hybridized carbons (Fsp3) is 0.300. The predicted octanol–water partition coefficient (Wildman–Crippen LogP) is 1.16. The molecule has 15 heavy (non-hydrogen) atoms. The second-order valence-electron chi connectivity index (χ2n) is 3.35. The molecule has 82 valence electrons. The summed E-state index contributed by atoms with van der Waals surface area (Å²) < 4.78 is 23.3. The fourth-order valence-corrected chi connectivity index (χ4v) is 2.70. The van der Waals surface area contributed by atoms with Crippen molar-refractivity contribution in [3.63, 3.8) is 0 Å². The van der Waals surface area contributed by atoms with Crippen LogP contribution in [-0.2, 0) is 14.6 Å². The van der Waals surface area contributed by atoms with Gasteiger partial charge in [-0.25, -0.2) is 8.42 Å². The van der Waals surface area contributed by atoms with E-state index in [0.29, 0.717) is 5.56 Å². The number of carboxylic acid groups (broad SMARTS) is 1. The van der Waals surface area contributed by atoms with Gasteiger partial charge in [-0.1, -0.05) is 12.1 Å². The van der Waals surface area contributed by atoms with E-state index in [2.05, 4.69) is 0 Å². The van der Waals surface area contributed by atoms with Crippen molar-refractivity contribution >= 4 is 15.8 Å². The number of carboxylic acids is 1. The Hall–Kier alpha value is -1.36. The lowest BCUT2D eigenvalue weighted by atomic mass is 10.1. The van der Waals surface area contributed by atoms with E-state index in [1.807, 2.05) is 0 Å². The molecule has 0 aliphatic rings. The number of hydrogen-bond acceptors (Lipinski definition) is 3. The van der Waals surface area contributed by atoms with Gasteiger partial charge in [-0.15, -0.1) is 0 Å². The molecule has 1 rings (SSSR count). The highest BCUT2D eigenvalue weighted by Gasteiger charge is 2.20. The summed E-state index contributed by atoms with van der Waals surface area (Å²) in [5.41, 5.74) is 1.44. The van der Waals surface area contributed by atoms with Crippen molar-refractivity contribution in [2.24, 2.45) is 0 Å². The number of benzene rings is 1. The Kier molecular flexibility index (Phi) is 3.14. The van der Waals surface area contributed by atoms with Crippen LogP contribution in [0.3, 0.4) is 0 Å². The first-order valence-electron chi connectivity index (χ1n) is 4.35. The van der Waals surface area contributed by atoms with Crippen LogP contribution in [0, 0.1) is 13.8 Å². The number of aliphatic carboxylic acids is 1. The van der Waals surface area contributed by atoms with E-state index >= 15 is 0 Å². The van der Waals surface area contributed by atoms with Crippen LogP contribution < -0.4 is 0 Å². The van der Waals surface area contributed by atoms with Crippen molar-refractivity contribution < 1.29 is 18.3 Å². The Labute approximate surface area is 88.5 Å². The smallest absolute Gasteiger partial charge is 0.319 e. The highest BCUT2D eigenvalue weighted by atomic mass is 32.2. The van der Waals surface area contributed by atoms with Gasteiger partial charge in [0.1, 0.15) is 0 Å². The molecule has 0 saturated heterocycles. The lowest BCUT2D eigenvalue weighted by Gasteiger charge is -2.07. The maximum absolute atomic E-state index is 11.6. The summed E-state index contributed by atoms with van der Waals surface area (Å²) in [5, 5.41) is 8.49. The van der Waals surface area contributed by atoms with Gasteiger partial charge in [-0.05, 0) is 31.0 Å². The van der Waals surface area contributed by atoms with E-state index in [-0.39, 0.29) is 4.90 Å². The average molecular weight is 228 g/mol. The number of hydrogen-bond donors (Lipinski definition) is 1. The second-order valence-corrected chi connectivity index (χ2v) is 5.31. The first-order valence-corrected chi connectivity index (χ1v) is 6.00. The van der Waals surface area contributed by atoms with Crippen LogP contribution in [0.5, 0.6) is 0 Å². The molecule has 1 aromatic carbocycles. The topological polar surface area (TPSA) is 71.4 Å². The normalized spacial score (nSPS) is 11.3. The molecule has 0 atom stereocenters. The largest absolute Gasteiger partial charge is 0.480 e. The zero-order valence-corrected chi connectivity index (χ0v) is 9.34. The van der Waals surface area contributed by atoms with Gasteiger partial charge >= 0.3 is 5.97 Å². The molecule has 0 radical (unpaired) electrons. The van der Waals surface area contributed by atoms with Crippen LogP contribution in [0.1, 0.15) is 11.1 Å². The fourth-order valence-electron chi connectivity index (χ4n) is 1.30. The van der Waals surface area contributed by atoms with Gasteiger partial charge in [0.25, 0.3) is 0 Å². The SMILES string of the molecule is Cc1cccc(S(=O)(=O)CC(=O)O)c1C. The van der Waals surface area contributed by atoms with Crippen molar-refractivity contribution in [1.29, 1.82) is 0 Å². The summed E-state index contributed by atoms with van der Waals surface area (Å²) in [5.74, 6) is -2.20. The standard InChI is InChI=1S/C10H12O4S/c1-7-4-3-5-9(8(7)2)15(13,14)6-10(11)12/h3-5H,6H2,1-2H3,(H,11,12). The highest BCUT2D eigenvalue weighted by Crippen LogP contribution is 2.19. The third-order valence-electron chi connectivity index (χ3n) is 2.20. The number of sulfone groups is 1. The summed E-state index contributed by atoms with van der Waals surface area (Å²) >= 11 is 0. The van der Waals surface area contributed by atoms with Gasteiger partial charge in [0.05, 0.1) is 4.90 Å². The van der Waals surface area contributed by atoms with Gasteiger partial charge < -0.3 is 5.11 Å². The Balaban J connectivity index is 3.28. The second kappa shape index (κ2) is 4.02. The Morgan fingerprint density at radius 1 is 1.33 bits per heavy atom. The van der Waals surface area contributed by atoms with Gasteiger partial charge in [0.15, 0.2) is 15.6 Å². The van der Waals surface area contributed by atoms with E-state index in [1.54, 1.807) is 26.0 Å². The summed E-state index contributed by atoms with van der Waals surface area (Å²) in [6.07, 6.45) is 0. The van der Waals surface area contributed by atoms with Crippen LogP contribution in [0.4, 0.5) is 0 Å². The highest BCUT2D eigenvalue weighted by molar-refractivity contribution is 7.92. The summed E-state index contributed by atoms with van der Waals surface area (Å²) in [6, 6.07) is 4.83. The van der Waals surface area contributed by atoms with E-state index in [4.69, 9.17) is 5.11 Å². The molecular formula is C10H12O4S. The zero-order chi connectivity index (χ0) is 11.6. The average Bonchev–Trinajstić information content (AvgIpc) is 2.07. The lowest BCUT2D eigenvalue weighted by molar-refractivity contribution is -0.134. The van der Waals surface area contributed by atoms with Crippen LogP contribution in [0.15, 0.2) is 23.1 Å². The quantitative estimate of drug-likeness (QED) is 0.842. The molecule has 0 aromatic heterocycles. The first-order chi connectivity index (χ1) is 6.84. The molecule has 1 N–H and O–H groups in total. The van der Waals surface area contributed by atoms with E-state index in [1.165, 1.54) is 6.07 Å². The first kappa shape index (κ1) is 11.7. The summed E-state index contributed by atoms with van der Waals surface area (Å²) in [4.78, 5) is 10.5. The number of carbonyl (C=O) groups is 1. The van der Waals surface area contributed by atoms with Gasteiger partial charge in [0.2, 0.25) is 0 Å². The number of aryl methyl sites for hydroxylation is 1. The van der Waals surface area contributed by atoms with Crippen molar-refractivity contribution in [2.45, 2.75) is 18.7 Å². The molecule has 5 heteroatoms. The molecule has 0 saturated carbocycles. The summed E-state index contributed by atoms with van der Waals surface area (Å²) in [7, 11) is -3.71. The van der Waals surface area contributed by atoms with Crippen LogP contribution >= 0.6 is 0 Å². The zero-order valence-electron chi connectivity index (χ0n) is 8.52. The molecule has 0 unspecified atom stereocenters. The Bertz CT molecular complexity index is 488. The lowest BCUT2D eigenvalue weighted by Crippen LogP contribution is -2.16. The Morgan fingerprint density at radius 2 is 1.93 bits per heavy atom. The molecule has 0 heterocycles. The maximum atomic E-state index is 11.6.